The Balaban J connectivity index is 1.33. The van der Waals surface area contributed by atoms with Crippen LogP contribution in [0.4, 0.5) is 0 Å². The first-order valence-corrected chi connectivity index (χ1v) is 11.4. The maximum Gasteiger partial charge on any atom is 0.120 e. The number of hydrogen-bond acceptors (Lipinski definition) is 2. The summed E-state index contributed by atoms with van der Waals surface area (Å²) in [5.41, 5.74) is 6.29. The van der Waals surface area contributed by atoms with Gasteiger partial charge in [0, 0.05) is 16.1 Å². The largest absolute Gasteiger partial charge is 0.489 e. The third kappa shape index (κ3) is 4.28. The lowest BCUT2D eigenvalue weighted by Gasteiger charge is -2.23. The second-order valence-electron chi connectivity index (χ2n) is 8.52. The van der Waals surface area contributed by atoms with E-state index >= 15 is 0 Å². The molecular weight excluding hydrogens is 404 g/mol. The fourth-order valence-electron chi connectivity index (χ4n) is 4.74. The van der Waals surface area contributed by atoms with Crippen molar-refractivity contribution in [2.75, 3.05) is 5.84 Å². The van der Waals surface area contributed by atoms with E-state index in [1.807, 2.05) is 41.1 Å². The summed E-state index contributed by atoms with van der Waals surface area (Å²) in [7, 11) is 0. The van der Waals surface area contributed by atoms with Crippen molar-refractivity contribution in [2.45, 2.75) is 38.7 Å². The Labute approximate surface area is 188 Å². The number of nitrogens with zero attached hydrogens (tertiary/aromatic N) is 1. The highest BCUT2D eigenvalue weighted by atomic mass is 35.5. The number of aryl methyl sites for hydroxylation is 1. The van der Waals surface area contributed by atoms with Gasteiger partial charge >= 0.3 is 0 Å². The molecule has 3 nitrogen and oxygen atoms in total. The molecule has 4 heteroatoms. The van der Waals surface area contributed by atoms with E-state index in [9.17, 15) is 0 Å². The molecule has 2 N–H and O–H groups in total. The van der Waals surface area contributed by atoms with Crippen LogP contribution in [0.5, 0.6) is 5.75 Å². The van der Waals surface area contributed by atoms with Crippen molar-refractivity contribution in [3.63, 3.8) is 0 Å². The fraction of sp³-hybridized carbons (Fsp3) is 0.259. The average Bonchev–Trinajstić information content (AvgIpc) is 3.09. The van der Waals surface area contributed by atoms with Crippen LogP contribution in [0.3, 0.4) is 0 Å². The van der Waals surface area contributed by atoms with Crippen molar-refractivity contribution in [3.8, 4) is 5.75 Å². The van der Waals surface area contributed by atoms with Gasteiger partial charge < -0.3 is 10.6 Å². The summed E-state index contributed by atoms with van der Waals surface area (Å²) in [5, 5.41) is 2.03. The van der Waals surface area contributed by atoms with Crippen molar-refractivity contribution in [1.29, 1.82) is 0 Å². The molecule has 0 saturated heterocycles. The zero-order chi connectivity index (χ0) is 21.2. The number of nitrogen functional groups attached to an aromatic ring is 1. The van der Waals surface area contributed by atoms with Crippen molar-refractivity contribution < 1.29 is 4.74 Å². The quantitative estimate of drug-likeness (QED) is 0.363. The van der Waals surface area contributed by atoms with E-state index in [2.05, 4.69) is 36.4 Å². The smallest absolute Gasteiger partial charge is 0.120 e. The summed E-state index contributed by atoms with van der Waals surface area (Å²) in [6.45, 7) is 0.571. The van der Waals surface area contributed by atoms with Crippen LogP contribution >= 0.6 is 11.6 Å². The lowest BCUT2D eigenvalue weighted by molar-refractivity contribution is 0.306. The van der Waals surface area contributed by atoms with Crippen LogP contribution in [0.25, 0.3) is 10.9 Å². The summed E-state index contributed by atoms with van der Waals surface area (Å²) in [6.07, 6.45) is 5.57. The van der Waals surface area contributed by atoms with E-state index in [1.165, 1.54) is 40.6 Å². The Bertz CT molecular complexity index is 1180. The molecule has 158 valence electrons. The van der Waals surface area contributed by atoms with Gasteiger partial charge in [0.25, 0.3) is 0 Å². The van der Waals surface area contributed by atoms with Crippen LogP contribution in [0, 0.1) is 5.92 Å². The SMILES string of the molecule is Nn1c2c(c3cc(OCc4ccccc4)ccc31)CC(CCc1ccc(Cl)cc1)CC2. The predicted octanol–water partition coefficient (Wildman–Crippen LogP) is 6.33. The second kappa shape index (κ2) is 8.68. The molecule has 1 aromatic heterocycles. The van der Waals surface area contributed by atoms with Gasteiger partial charge in [0.1, 0.15) is 12.4 Å². The molecule has 0 bridgehead atoms. The molecule has 0 amide bonds. The van der Waals surface area contributed by atoms with E-state index < -0.39 is 0 Å². The lowest BCUT2D eigenvalue weighted by atomic mass is 9.83. The molecule has 0 spiro atoms. The lowest BCUT2D eigenvalue weighted by Crippen LogP contribution is -2.19. The van der Waals surface area contributed by atoms with Gasteiger partial charge in [-0.3, -0.25) is 4.68 Å². The summed E-state index contributed by atoms with van der Waals surface area (Å²) in [4.78, 5) is 0. The van der Waals surface area contributed by atoms with E-state index in [0.29, 0.717) is 12.5 Å². The Morgan fingerprint density at radius 2 is 1.77 bits per heavy atom. The molecule has 1 aliphatic rings. The maximum absolute atomic E-state index is 6.46. The standard InChI is InChI=1S/C27H27ClN2O/c28-22-11-8-19(9-12-22)6-7-20-10-14-26-24(16-20)25-17-23(13-15-27(25)30(26)29)31-18-21-4-2-1-3-5-21/h1-5,8-9,11-13,15,17,20H,6-7,10,14,16,18,29H2. The summed E-state index contributed by atoms with van der Waals surface area (Å²) < 4.78 is 7.97. The molecule has 0 aliphatic heterocycles. The Morgan fingerprint density at radius 1 is 0.968 bits per heavy atom. The highest BCUT2D eigenvalue weighted by Gasteiger charge is 2.25. The number of benzene rings is 3. The number of aromatic nitrogens is 1. The molecule has 0 radical (unpaired) electrons. The van der Waals surface area contributed by atoms with Gasteiger partial charge in [-0.2, -0.15) is 0 Å². The Hall–Kier alpha value is -2.91. The minimum atomic E-state index is 0.571. The number of ether oxygens (including phenoxy) is 1. The number of nitrogens with two attached hydrogens (primary N) is 1. The molecule has 1 unspecified atom stereocenters. The zero-order valence-corrected chi connectivity index (χ0v) is 18.3. The van der Waals surface area contributed by atoms with Gasteiger partial charge in [0.05, 0.1) is 5.52 Å². The van der Waals surface area contributed by atoms with Crippen LogP contribution in [0.1, 0.15) is 35.2 Å². The molecule has 0 saturated carbocycles. The molecule has 1 heterocycles. The molecule has 5 rings (SSSR count). The van der Waals surface area contributed by atoms with E-state index in [-0.39, 0.29) is 0 Å². The third-order valence-electron chi connectivity index (χ3n) is 6.48. The highest BCUT2D eigenvalue weighted by molar-refractivity contribution is 6.30. The van der Waals surface area contributed by atoms with Crippen molar-refractivity contribution in [2.24, 2.45) is 5.92 Å². The van der Waals surface area contributed by atoms with Gasteiger partial charge in [-0.05, 0) is 85.0 Å². The molecule has 3 aromatic carbocycles. The molecular formula is C27H27ClN2O. The van der Waals surface area contributed by atoms with Gasteiger partial charge in [-0.15, -0.1) is 0 Å². The first kappa shape index (κ1) is 20.0. The minimum Gasteiger partial charge on any atom is -0.489 e. The third-order valence-corrected chi connectivity index (χ3v) is 6.73. The number of hydrogen-bond donors (Lipinski definition) is 1. The number of rotatable bonds is 6. The van der Waals surface area contributed by atoms with Crippen LogP contribution in [0.15, 0.2) is 72.8 Å². The van der Waals surface area contributed by atoms with Gasteiger partial charge in [0.2, 0.25) is 0 Å². The summed E-state index contributed by atoms with van der Waals surface area (Å²) in [6, 6.07) is 24.8. The summed E-state index contributed by atoms with van der Waals surface area (Å²) in [5.74, 6) is 8.03. The number of fused-ring (bicyclic) bond motifs is 3. The van der Waals surface area contributed by atoms with Gasteiger partial charge in [-0.25, -0.2) is 0 Å². The first-order chi connectivity index (χ1) is 15.2. The summed E-state index contributed by atoms with van der Waals surface area (Å²) >= 11 is 6.02. The second-order valence-corrected chi connectivity index (χ2v) is 8.96. The van der Waals surface area contributed by atoms with Crippen LogP contribution in [0.2, 0.25) is 5.02 Å². The zero-order valence-electron chi connectivity index (χ0n) is 17.6. The van der Waals surface area contributed by atoms with Crippen molar-refractivity contribution in [1.82, 2.24) is 4.68 Å². The normalized spacial score (nSPS) is 15.7. The molecule has 4 aromatic rings. The monoisotopic (exact) mass is 430 g/mol. The van der Waals surface area contributed by atoms with Crippen molar-refractivity contribution >= 4 is 22.5 Å². The predicted molar refractivity (Wildman–Crippen MR) is 128 cm³/mol. The van der Waals surface area contributed by atoms with Crippen LogP contribution in [-0.4, -0.2) is 4.68 Å². The Kier molecular flexibility index (Phi) is 5.61. The van der Waals surface area contributed by atoms with E-state index in [0.717, 1.165) is 35.6 Å². The van der Waals surface area contributed by atoms with Crippen LogP contribution in [-0.2, 0) is 25.9 Å². The van der Waals surface area contributed by atoms with Gasteiger partial charge in [-0.1, -0.05) is 54.1 Å². The van der Waals surface area contributed by atoms with E-state index in [4.69, 9.17) is 22.2 Å². The topological polar surface area (TPSA) is 40.2 Å². The van der Waals surface area contributed by atoms with E-state index in [1.54, 1.807) is 0 Å². The first-order valence-electron chi connectivity index (χ1n) is 11.0. The average molecular weight is 431 g/mol. The molecule has 0 fully saturated rings. The maximum atomic E-state index is 6.46. The van der Waals surface area contributed by atoms with Crippen LogP contribution < -0.4 is 10.6 Å². The number of halogens is 1. The fourth-order valence-corrected chi connectivity index (χ4v) is 4.87. The van der Waals surface area contributed by atoms with Gasteiger partial charge in [0.15, 0.2) is 0 Å². The van der Waals surface area contributed by atoms with Crippen molar-refractivity contribution in [3.05, 3.63) is 100 Å². The Morgan fingerprint density at radius 3 is 2.58 bits per heavy atom. The minimum absolute atomic E-state index is 0.571. The molecule has 31 heavy (non-hydrogen) atoms. The molecule has 1 aliphatic carbocycles. The highest BCUT2D eigenvalue weighted by Crippen LogP contribution is 2.36. The molecule has 1 atom stereocenters.